The van der Waals surface area contributed by atoms with E-state index in [1.807, 2.05) is 27.0 Å². The van der Waals surface area contributed by atoms with Gasteiger partial charge in [0.2, 0.25) is 5.91 Å². The minimum atomic E-state index is 0.0657. The summed E-state index contributed by atoms with van der Waals surface area (Å²) in [6, 6.07) is 5.37. The molecule has 1 aromatic heterocycles. The van der Waals surface area contributed by atoms with Crippen molar-refractivity contribution in [2.24, 2.45) is 0 Å². The molecule has 2 rings (SSSR count). The number of hydrogen-bond acceptors (Lipinski definition) is 3. The molecule has 0 fully saturated rings. The monoisotopic (exact) mass is 383 g/mol. The molecule has 0 spiro atoms. The van der Waals surface area contributed by atoms with Crippen LogP contribution in [0.3, 0.4) is 0 Å². The topological polar surface area (TPSA) is 47.4 Å². The van der Waals surface area contributed by atoms with Crippen molar-refractivity contribution in [3.63, 3.8) is 0 Å². The second-order valence-electron chi connectivity index (χ2n) is 6.00. The number of benzene rings is 1. The highest BCUT2D eigenvalue weighted by molar-refractivity contribution is 6.42. The summed E-state index contributed by atoms with van der Waals surface area (Å²) in [5.74, 6) is 0.0657. The first kappa shape index (κ1) is 19.8. The van der Waals surface area contributed by atoms with Crippen LogP contribution < -0.4 is 0 Å². The van der Waals surface area contributed by atoms with Gasteiger partial charge in [-0.3, -0.25) is 4.79 Å². The summed E-state index contributed by atoms with van der Waals surface area (Å²) in [5, 5.41) is 5.54. The SMILES string of the molecule is COCCCN(C)C(=O)Cc1c(C)nn(-c2ccc(Cl)c(Cl)c2)c1C. The molecule has 0 unspecified atom stereocenters. The van der Waals surface area contributed by atoms with Gasteiger partial charge in [0.05, 0.1) is 27.8 Å². The number of hydrogen-bond donors (Lipinski definition) is 0. The summed E-state index contributed by atoms with van der Waals surface area (Å²) in [6.45, 7) is 5.18. The zero-order valence-electron chi connectivity index (χ0n) is 15.0. The number of methoxy groups -OCH3 is 1. The van der Waals surface area contributed by atoms with Crippen molar-refractivity contribution in [3.05, 3.63) is 45.2 Å². The molecule has 25 heavy (non-hydrogen) atoms. The second kappa shape index (κ2) is 8.70. The van der Waals surface area contributed by atoms with E-state index in [0.29, 0.717) is 29.6 Å². The molecule has 0 N–H and O–H groups in total. The molecule has 0 radical (unpaired) electrons. The van der Waals surface area contributed by atoms with E-state index in [1.165, 1.54) is 0 Å². The predicted octanol–water partition coefficient (Wildman–Crippen LogP) is 3.83. The van der Waals surface area contributed by atoms with Crippen LogP contribution in [0.1, 0.15) is 23.4 Å². The highest BCUT2D eigenvalue weighted by atomic mass is 35.5. The van der Waals surface area contributed by atoms with Crippen LogP contribution in [0, 0.1) is 13.8 Å². The maximum Gasteiger partial charge on any atom is 0.226 e. The lowest BCUT2D eigenvalue weighted by atomic mass is 10.1. The Hall–Kier alpha value is -1.56. The Morgan fingerprint density at radius 1 is 1.28 bits per heavy atom. The first-order valence-corrected chi connectivity index (χ1v) is 8.84. The molecule has 1 heterocycles. The number of nitrogens with zero attached hydrogens (tertiary/aromatic N) is 3. The fraction of sp³-hybridized carbons (Fsp3) is 0.444. The third-order valence-electron chi connectivity index (χ3n) is 4.18. The number of rotatable bonds is 7. The van der Waals surface area contributed by atoms with Gasteiger partial charge in [-0.15, -0.1) is 0 Å². The van der Waals surface area contributed by atoms with Gasteiger partial charge < -0.3 is 9.64 Å². The molecule has 0 atom stereocenters. The van der Waals surface area contributed by atoms with Crippen molar-refractivity contribution in [2.45, 2.75) is 26.7 Å². The van der Waals surface area contributed by atoms with Crippen LogP contribution in [-0.2, 0) is 16.0 Å². The normalized spacial score (nSPS) is 11.0. The van der Waals surface area contributed by atoms with E-state index < -0.39 is 0 Å². The van der Waals surface area contributed by atoms with Crippen LogP contribution >= 0.6 is 23.2 Å². The van der Waals surface area contributed by atoms with Gasteiger partial charge in [0.15, 0.2) is 0 Å². The second-order valence-corrected chi connectivity index (χ2v) is 6.81. The van der Waals surface area contributed by atoms with Gasteiger partial charge >= 0.3 is 0 Å². The van der Waals surface area contributed by atoms with Gasteiger partial charge in [-0.05, 0) is 38.5 Å². The first-order valence-electron chi connectivity index (χ1n) is 8.08. The number of halogens is 2. The van der Waals surface area contributed by atoms with Crippen LogP contribution in [0.2, 0.25) is 10.0 Å². The molecular formula is C18H23Cl2N3O2. The van der Waals surface area contributed by atoms with E-state index in [1.54, 1.807) is 28.8 Å². The first-order chi connectivity index (χ1) is 11.8. The number of likely N-dealkylation sites (N-methyl/N-ethyl adjacent to an activating group) is 1. The van der Waals surface area contributed by atoms with Crippen LogP contribution in [0.5, 0.6) is 0 Å². The Balaban J connectivity index is 2.19. The van der Waals surface area contributed by atoms with Gasteiger partial charge in [0.1, 0.15) is 0 Å². The van der Waals surface area contributed by atoms with Crippen molar-refractivity contribution >= 4 is 29.1 Å². The van der Waals surface area contributed by atoms with Gasteiger partial charge in [0.25, 0.3) is 0 Å². The minimum absolute atomic E-state index is 0.0657. The number of aryl methyl sites for hydroxylation is 1. The summed E-state index contributed by atoms with van der Waals surface area (Å²) in [6.07, 6.45) is 1.14. The van der Waals surface area contributed by atoms with Crippen LogP contribution in [0.15, 0.2) is 18.2 Å². The molecular weight excluding hydrogens is 361 g/mol. The number of amides is 1. The van der Waals surface area contributed by atoms with Crippen molar-refractivity contribution in [1.29, 1.82) is 0 Å². The van der Waals surface area contributed by atoms with E-state index in [2.05, 4.69) is 5.10 Å². The number of carbonyl (C=O) groups is 1. The van der Waals surface area contributed by atoms with Gasteiger partial charge in [-0.2, -0.15) is 5.10 Å². The van der Waals surface area contributed by atoms with Crippen molar-refractivity contribution < 1.29 is 9.53 Å². The quantitative estimate of drug-likeness (QED) is 0.682. The van der Waals surface area contributed by atoms with E-state index in [4.69, 9.17) is 27.9 Å². The zero-order chi connectivity index (χ0) is 18.6. The highest BCUT2D eigenvalue weighted by Crippen LogP contribution is 2.26. The molecule has 2 aromatic rings. The summed E-state index contributed by atoms with van der Waals surface area (Å²) in [5.41, 5.74) is 3.52. The smallest absolute Gasteiger partial charge is 0.226 e. The molecule has 136 valence electrons. The molecule has 7 heteroatoms. The van der Waals surface area contributed by atoms with E-state index in [0.717, 1.165) is 29.1 Å². The van der Waals surface area contributed by atoms with Crippen molar-refractivity contribution in [3.8, 4) is 5.69 Å². The van der Waals surface area contributed by atoms with Gasteiger partial charge in [-0.25, -0.2) is 4.68 Å². The summed E-state index contributed by atoms with van der Waals surface area (Å²) in [4.78, 5) is 14.2. The van der Waals surface area contributed by atoms with E-state index >= 15 is 0 Å². The molecule has 0 bridgehead atoms. The molecule has 0 saturated heterocycles. The predicted molar refractivity (Wildman–Crippen MR) is 101 cm³/mol. The lowest BCUT2D eigenvalue weighted by molar-refractivity contribution is -0.129. The Kier molecular flexibility index (Phi) is 6.87. The Morgan fingerprint density at radius 2 is 2.00 bits per heavy atom. The Morgan fingerprint density at radius 3 is 2.64 bits per heavy atom. The molecule has 0 aliphatic carbocycles. The zero-order valence-corrected chi connectivity index (χ0v) is 16.5. The molecule has 5 nitrogen and oxygen atoms in total. The largest absolute Gasteiger partial charge is 0.385 e. The minimum Gasteiger partial charge on any atom is -0.385 e. The Labute approximate surface area is 158 Å². The molecule has 1 amide bonds. The highest BCUT2D eigenvalue weighted by Gasteiger charge is 2.18. The maximum absolute atomic E-state index is 12.5. The van der Waals surface area contributed by atoms with Crippen molar-refractivity contribution in [2.75, 3.05) is 27.3 Å². The summed E-state index contributed by atoms with van der Waals surface area (Å²) >= 11 is 12.1. The van der Waals surface area contributed by atoms with E-state index in [-0.39, 0.29) is 5.91 Å². The molecule has 1 aromatic carbocycles. The standard InChI is InChI=1S/C18H23Cl2N3O2/c1-12-15(11-18(24)22(3)8-5-9-25-4)13(2)23(21-12)14-6-7-16(19)17(20)10-14/h6-7,10H,5,8-9,11H2,1-4H3. The number of ether oxygens (including phenoxy) is 1. The summed E-state index contributed by atoms with van der Waals surface area (Å²) < 4.78 is 6.82. The van der Waals surface area contributed by atoms with Crippen LogP contribution in [0.25, 0.3) is 5.69 Å². The van der Waals surface area contributed by atoms with Gasteiger partial charge in [0, 0.05) is 38.6 Å². The molecule has 0 aliphatic rings. The number of aromatic nitrogens is 2. The number of carbonyl (C=O) groups excluding carboxylic acids is 1. The summed E-state index contributed by atoms with van der Waals surface area (Å²) in [7, 11) is 3.47. The van der Waals surface area contributed by atoms with E-state index in [9.17, 15) is 4.79 Å². The lowest BCUT2D eigenvalue weighted by Gasteiger charge is -2.17. The fourth-order valence-corrected chi connectivity index (χ4v) is 2.95. The fourth-order valence-electron chi connectivity index (χ4n) is 2.66. The average molecular weight is 384 g/mol. The third-order valence-corrected chi connectivity index (χ3v) is 4.92. The third kappa shape index (κ3) is 4.75. The van der Waals surface area contributed by atoms with Crippen LogP contribution in [0.4, 0.5) is 0 Å². The van der Waals surface area contributed by atoms with Gasteiger partial charge in [-0.1, -0.05) is 23.2 Å². The average Bonchev–Trinajstić information content (AvgIpc) is 2.85. The Bertz CT molecular complexity index is 759. The molecule has 0 saturated carbocycles. The van der Waals surface area contributed by atoms with Crippen molar-refractivity contribution in [1.82, 2.24) is 14.7 Å². The molecule has 0 aliphatic heterocycles. The lowest BCUT2D eigenvalue weighted by Crippen LogP contribution is -2.30. The maximum atomic E-state index is 12.5. The van der Waals surface area contributed by atoms with Crippen LogP contribution in [-0.4, -0.2) is 47.9 Å².